The molecule has 0 aliphatic carbocycles. The molecule has 0 spiro atoms. The van der Waals surface area contributed by atoms with Gasteiger partial charge in [0.2, 0.25) is 0 Å². The number of amides is 1. The predicted molar refractivity (Wildman–Crippen MR) is 75.7 cm³/mol. The second-order valence-corrected chi connectivity index (χ2v) is 5.58. The molecule has 0 bridgehead atoms. The molecule has 0 atom stereocenters. The molecule has 110 valence electrons. The van der Waals surface area contributed by atoms with E-state index >= 15 is 0 Å². The van der Waals surface area contributed by atoms with Crippen molar-refractivity contribution in [2.24, 2.45) is 5.41 Å². The van der Waals surface area contributed by atoms with Gasteiger partial charge in [-0.25, -0.2) is 0 Å². The van der Waals surface area contributed by atoms with Crippen molar-refractivity contribution in [3.05, 3.63) is 39.4 Å². The number of carbonyl (C=O) groups is 1. The highest BCUT2D eigenvalue weighted by molar-refractivity contribution is 5.94. The number of carbonyl (C=O) groups excluding carboxylic acids is 1. The summed E-state index contributed by atoms with van der Waals surface area (Å²) in [6, 6.07) is 4.29. The van der Waals surface area contributed by atoms with Crippen molar-refractivity contribution >= 4 is 11.6 Å². The quantitative estimate of drug-likeness (QED) is 0.616. The summed E-state index contributed by atoms with van der Waals surface area (Å²) in [7, 11) is 0. The van der Waals surface area contributed by atoms with Gasteiger partial charge in [0.05, 0.1) is 4.92 Å². The highest BCUT2D eigenvalue weighted by Crippen LogP contribution is 2.20. The third-order valence-corrected chi connectivity index (χ3v) is 3.17. The van der Waals surface area contributed by atoms with Crippen molar-refractivity contribution in [2.45, 2.75) is 27.2 Å². The Morgan fingerprint density at radius 3 is 2.60 bits per heavy atom. The Bertz CT molecular complexity index is 512. The summed E-state index contributed by atoms with van der Waals surface area (Å²) in [4.78, 5) is 22.2. The summed E-state index contributed by atoms with van der Waals surface area (Å²) in [5, 5.41) is 22.4. The molecule has 0 heterocycles. The van der Waals surface area contributed by atoms with Crippen LogP contribution in [0.25, 0.3) is 0 Å². The SMILES string of the molecule is Cc1cc(C(=O)NCC(C)(C)CCO)ccc1[N+](=O)[O-]. The van der Waals surface area contributed by atoms with Gasteiger partial charge in [0.1, 0.15) is 0 Å². The molecule has 6 heteroatoms. The smallest absolute Gasteiger partial charge is 0.272 e. The van der Waals surface area contributed by atoms with E-state index in [0.29, 0.717) is 24.1 Å². The second kappa shape index (κ2) is 6.47. The Hall–Kier alpha value is -1.95. The zero-order chi connectivity index (χ0) is 15.3. The fourth-order valence-electron chi connectivity index (χ4n) is 1.81. The summed E-state index contributed by atoms with van der Waals surface area (Å²) >= 11 is 0. The molecule has 0 aliphatic rings. The number of hydrogen-bond donors (Lipinski definition) is 2. The third kappa shape index (κ3) is 4.31. The van der Waals surface area contributed by atoms with Crippen LogP contribution in [0.3, 0.4) is 0 Å². The lowest BCUT2D eigenvalue weighted by Crippen LogP contribution is -2.34. The lowest BCUT2D eigenvalue weighted by molar-refractivity contribution is -0.385. The van der Waals surface area contributed by atoms with Gasteiger partial charge in [-0.15, -0.1) is 0 Å². The number of aliphatic hydroxyl groups is 1. The van der Waals surface area contributed by atoms with Gasteiger partial charge in [-0.3, -0.25) is 14.9 Å². The van der Waals surface area contributed by atoms with E-state index in [4.69, 9.17) is 5.11 Å². The first-order valence-electron chi connectivity index (χ1n) is 6.41. The first-order valence-corrected chi connectivity index (χ1v) is 6.41. The van der Waals surface area contributed by atoms with Crippen LogP contribution >= 0.6 is 0 Å². The zero-order valence-corrected chi connectivity index (χ0v) is 12.0. The Balaban J connectivity index is 2.74. The van der Waals surface area contributed by atoms with Gasteiger partial charge in [-0.2, -0.15) is 0 Å². The van der Waals surface area contributed by atoms with E-state index in [2.05, 4.69) is 5.32 Å². The predicted octanol–water partition coefficient (Wildman–Crippen LogP) is 2.04. The molecule has 0 aliphatic heterocycles. The van der Waals surface area contributed by atoms with Crippen molar-refractivity contribution < 1.29 is 14.8 Å². The van der Waals surface area contributed by atoms with Gasteiger partial charge in [0.25, 0.3) is 11.6 Å². The molecule has 0 radical (unpaired) electrons. The molecule has 0 unspecified atom stereocenters. The summed E-state index contributed by atoms with van der Waals surface area (Å²) < 4.78 is 0. The van der Waals surface area contributed by atoms with E-state index in [1.165, 1.54) is 18.2 Å². The number of hydrogen-bond acceptors (Lipinski definition) is 4. The number of nitro benzene ring substituents is 1. The van der Waals surface area contributed by atoms with E-state index in [1.54, 1.807) is 6.92 Å². The number of nitrogens with zero attached hydrogens (tertiary/aromatic N) is 1. The van der Waals surface area contributed by atoms with Crippen molar-refractivity contribution in [1.29, 1.82) is 0 Å². The highest BCUT2D eigenvalue weighted by Gasteiger charge is 2.19. The van der Waals surface area contributed by atoms with E-state index in [9.17, 15) is 14.9 Å². The van der Waals surface area contributed by atoms with Gasteiger partial charge in [0, 0.05) is 30.3 Å². The maximum atomic E-state index is 12.0. The van der Waals surface area contributed by atoms with Crippen LogP contribution in [-0.2, 0) is 0 Å². The molecule has 1 amide bonds. The number of nitrogens with one attached hydrogen (secondary N) is 1. The second-order valence-electron chi connectivity index (χ2n) is 5.58. The summed E-state index contributed by atoms with van der Waals surface area (Å²) in [5.41, 5.74) is 0.660. The first kappa shape index (κ1) is 16.1. The Morgan fingerprint density at radius 2 is 2.10 bits per heavy atom. The third-order valence-electron chi connectivity index (χ3n) is 3.17. The summed E-state index contributed by atoms with van der Waals surface area (Å²) in [6.07, 6.45) is 0.590. The maximum Gasteiger partial charge on any atom is 0.272 e. The molecule has 1 rings (SSSR count). The van der Waals surface area contributed by atoms with Gasteiger partial charge >= 0.3 is 0 Å². The fourth-order valence-corrected chi connectivity index (χ4v) is 1.81. The molecule has 0 aromatic heterocycles. The van der Waals surface area contributed by atoms with Crippen LogP contribution < -0.4 is 5.32 Å². The molecular weight excluding hydrogens is 260 g/mol. The van der Waals surface area contributed by atoms with Crippen LogP contribution in [0.4, 0.5) is 5.69 Å². The molecule has 0 fully saturated rings. The minimum absolute atomic E-state index is 0.00200. The van der Waals surface area contributed by atoms with Crippen LogP contribution in [0.2, 0.25) is 0 Å². The molecule has 0 saturated heterocycles. The van der Waals surface area contributed by atoms with Crippen LogP contribution in [0.5, 0.6) is 0 Å². The van der Waals surface area contributed by atoms with Crippen LogP contribution in [0.1, 0.15) is 36.2 Å². The monoisotopic (exact) mass is 280 g/mol. The van der Waals surface area contributed by atoms with E-state index in [-0.39, 0.29) is 23.6 Å². The number of nitro groups is 1. The molecule has 20 heavy (non-hydrogen) atoms. The minimum atomic E-state index is -0.471. The Morgan fingerprint density at radius 1 is 1.45 bits per heavy atom. The molecular formula is C14H20N2O4. The molecule has 2 N–H and O–H groups in total. The fraction of sp³-hybridized carbons (Fsp3) is 0.500. The lowest BCUT2D eigenvalue weighted by Gasteiger charge is -2.23. The van der Waals surface area contributed by atoms with E-state index in [1.807, 2.05) is 13.8 Å². The van der Waals surface area contributed by atoms with Crippen LogP contribution in [-0.4, -0.2) is 29.1 Å². The maximum absolute atomic E-state index is 12.0. The molecule has 1 aromatic rings. The van der Waals surface area contributed by atoms with Crippen molar-refractivity contribution in [2.75, 3.05) is 13.2 Å². The van der Waals surface area contributed by atoms with Crippen LogP contribution in [0, 0.1) is 22.5 Å². The Labute approximate surface area is 118 Å². The van der Waals surface area contributed by atoms with Crippen LogP contribution in [0.15, 0.2) is 18.2 Å². The minimum Gasteiger partial charge on any atom is -0.396 e. The van der Waals surface area contributed by atoms with E-state index < -0.39 is 4.92 Å². The lowest BCUT2D eigenvalue weighted by atomic mass is 9.89. The largest absolute Gasteiger partial charge is 0.396 e. The first-order chi connectivity index (χ1) is 9.26. The van der Waals surface area contributed by atoms with Crippen molar-refractivity contribution in [3.63, 3.8) is 0 Å². The summed E-state index contributed by atoms with van der Waals surface area (Å²) in [5.74, 6) is -0.269. The normalized spacial score (nSPS) is 11.2. The average Bonchev–Trinajstić information content (AvgIpc) is 2.35. The zero-order valence-electron chi connectivity index (χ0n) is 12.0. The van der Waals surface area contributed by atoms with E-state index in [0.717, 1.165) is 0 Å². The Kier molecular flexibility index (Phi) is 5.21. The van der Waals surface area contributed by atoms with Gasteiger partial charge in [-0.05, 0) is 30.9 Å². The van der Waals surface area contributed by atoms with Gasteiger partial charge < -0.3 is 10.4 Å². The number of rotatable bonds is 6. The van der Waals surface area contributed by atoms with Crippen molar-refractivity contribution in [3.8, 4) is 0 Å². The standard InChI is InChI=1S/C14H20N2O4/c1-10-8-11(4-5-12(10)16(19)20)13(18)15-9-14(2,3)6-7-17/h4-5,8,17H,6-7,9H2,1-3H3,(H,15,18). The van der Waals surface area contributed by atoms with Gasteiger partial charge in [0.15, 0.2) is 0 Å². The van der Waals surface area contributed by atoms with Gasteiger partial charge in [-0.1, -0.05) is 13.8 Å². The van der Waals surface area contributed by atoms with Crippen molar-refractivity contribution in [1.82, 2.24) is 5.32 Å². The molecule has 0 saturated carbocycles. The highest BCUT2D eigenvalue weighted by atomic mass is 16.6. The molecule has 6 nitrogen and oxygen atoms in total. The average molecular weight is 280 g/mol. The topological polar surface area (TPSA) is 92.5 Å². The number of aryl methyl sites for hydroxylation is 1. The number of benzene rings is 1. The molecule has 1 aromatic carbocycles. The number of aliphatic hydroxyl groups excluding tert-OH is 1. The summed E-state index contributed by atoms with van der Waals surface area (Å²) in [6.45, 7) is 6.00.